The van der Waals surface area contributed by atoms with E-state index in [1.54, 1.807) is 6.21 Å². The second kappa shape index (κ2) is 13.3. The quantitative estimate of drug-likeness (QED) is 0.203. The fraction of sp³-hybridized carbons (Fsp3) is 0.579. The van der Waals surface area contributed by atoms with E-state index in [1.165, 1.54) is 44.9 Å². The molecule has 9 heteroatoms. The Balaban J connectivity index is 2.32. The highest BCUT2D eigenvalue weighted by atomic mass is 16.6. The molecule has 1 N–H and O–H groups in total. The van der Waals surface area contributed by atoms with Crippen LogP contribution >= 0.6 is 0 Å². The molecular weight excluding hydrogens is 364 g/mol. The van der Waals surface area contributed by atoms with Crippen molar-refractivity contribution in [3.63, 3.8) is 0 Å². The molecular formula is C19H28N4O5. The number of nitro benzene ring substituents is 2. The Labute approximate surface area is 164 Å². The summed E-state index contributed by atoms with van der Waals surface area (Å²) in [5.41, 5.74) is 0.891. The van der Waals surface area contributed by atoms with Crippen LogP contribution in [0.25, 0.3) is 0 Å². The third-order valence-corrected chi connectivity index (χ3v) is 4.33. The normalized spacial score (nSPS) is 10.9. The van der Waals surface area contributed by atoms with Crippen LogP contribution in [0.1, 0.15) is 81.5 Å². The smallest absolute Gasteiger partial charge is 0.267 e. The van der Waals surface area contributed by atoms with Crippen molar-refractivity contribution < 1.29 is 14.6 Å². The summed E-state index contributed by atoms with van der Waals surface area (Å²) >= 11 is 0. The predicted octanol–water partition coefficient (Wildman–Crippen LogP) is 5.14. The fourth-order valence-electron chi connectivity index (χ4n) is 2.75. The third kappa shape index (κ3) is 8.70. The zero-order valence-electron chi connectivity index (χ0n) is 16.3. The molecule has 154 valence electrons. The molecule has 0 bridgehead atoms. The van der Waals surface area contributed by atoms with Crippen LogP contribution in [-0.2, 0) is 0 Å². The Morgan fingerprint density at radius 1 is 1.00 bits per heavy atom. The molecule has 0 heterocycles. The predicted molar refractivity (Wildman–Crippen MR) is 108 cm³/mol. The van der Waals surface area contributed by atoms with Crippen LogP contribution in [-0.4, -0.2) is 22.0 Å². The van der Waals surface area contributed by atoms with Crippen molar-refractivity contribution in [1.29, 1.82) is 0 Å². The molecule has 1 aromatic carbocycles. The molecule has 0 atom stereocenters. The number of benzene rings is 1. The molecule has 0 radical (unpaired) electrons. The van der Waals surface area contributed by atoms with Crippen molar-refractivity contribution >= 4 is 23.5 Å². The number of non-ortho nitro benzene ring substituents is 1. The number of hydrogen-bond donors (Lipinski definition) is 1. The number of carbonyl (C=O) groups is 1. The number of nitro groups is 2. The summed E-state index contributed by atoms with van der Waals surface area (Å²) in [6.07, 6.45) is 13.2. The van der Waals surface area contributed by atoms with Crippen molar-refractivity contribution in [3.05, 3.63) is 44.0 Å². The van der Waals surface area contributed by atoms with Crippen LogP contribution in [0.3, 0.4) is 0 Å². The Bertz CT molecular complexity index is 691. The molecule has 9 nitrogen and oxygen atoms in total. The van der Waals surface area contributed by atoms with Gasteiger partial charge in [0.25, 0.3) is 17.3 Å². The van der Waals surface area contributed by atoms with Gasteiger partial charge >= 0.3 is 0 Å². The van der Waals surface area contributed by atoms with Gasteiger partial charge in [0.1, 0.15) is 5.56 Å². The van der Waals surface area contributed by atoms with Crippen LogP contribution in [0.4, 0.5) is 11.4 Å². The molecule has 0 fully saturated rings. The van der Waals surface area contributed by atoms with Gasteiger partial charge in [0.15, 0.2) is 0 Å². The molecule has 0 unspecified atom stereocenters. The zero-order valence-corrected chi connectivity index (χ0v) is 16.3. The van der Waals surface area contributed by atoms with Crippen molar-refractivity contribution in [2.45, 2.75) is 71.1 Å². The minimum absolute atomic E-state index is 0.268. The first-order valence-electron chi connectivity index (χ1n) is 9.72. The average Bonchev–Trinajstić information content (AvgIpc) is 2.68. The molecule has 0 saturated carbocycles. The highest BCUT2D eigenvalue weighted by Gasteiger charge is 2.23. The second-order valence-corrected chi connectivity index (χ2v) is 6.59. The van der Waals surface area contributed by atoms with Crippen LogP contribution in [0.5, 0.6) is 0 Å². The summed E-state index contributed by atoms with van der Waals surface area (Å²) in [5.74, 6) is -0.773. The van der Waals surface area contributed by atoms with Crippen molar-refractivity contribution in [2.75, 3.05) is 0 Å². The summed E-state index contributed by atoms with van der Waals surface area (Å²) in [7, 11) is 0. The first-order valence-corrected chi connectivity index (χ1v) is 9.72. The minimum Gasteiger partial charge on any atom is -0.267 e. The van der Waals surface area contributed by atoms with Gasteiger partial charge in [-0.2, -0.15) is 5.10 Å². The number of rotatable bonds is 14. The number of hydrazone groups is 1. The highest BCUT2D eigenvalue weighted by Crippen LogP contribution is 2.24. The van der Waals surface area contributed by atoms with Crippen molar-refractivity contribution in [3.8, 4) is 0 Å². The molecule has 1 aromatic rings. The second-order valence-electron chi connectivity index (χ2n) is 6.59. The van der Waals surface area contributed by atoms with Crippen molar-refractivity contribution in [2.24, 2.45) is 5.10 Å². The first kappa shape index (κ1) is 23.2. The van der Waals surface area contributed by atoms with Gasteiger partial charge in [0, 0.05) is 12.3 Å². The molecule has 1 rings (SSSR count). The van der Waals surface area contributed by atoms with E-state index in [1.807, 2.05) is 0 Å². The summed E-state index contributed by atoms with van der Waals surface area (Å²) in [6.45, 7) is 2.21. The van der Waals surface area contributed by atoms with Crippen LogP contribution < -0.4 is 5.43 Å². The largest absolute Gasteiger partial charge is 0.289 e. The van der Waals surface area contributed by atoms with Crippen molar-refractivity contribution in [1.82, 2.24) is 5.43 Å². The van der Waals surface area contributed by atoms with E-state index in [-0.39, 0.29) is 5.56 Å². The van der Waals surface area contributed by atoms with E-state index in [2.05, 4.69) is 17.5 Å². The van der Waals surface area contributed by atoms with Gasteiger partial charge in [-0.25, -0.2) is 5.43 Å². The Morgan fingerprint density at radius 3 is 2.18 bits per heavy atom. The fourth-order valence-corrected chi connectivity index (χ4v) is 2.75. The van der Waals surface area contributed by atoms with E-state index >= 15 is 0 Å². The molecule has 28 heavy (non-hydrogen) atoms. The lowest BCUT2D eigenvalue weighted by atomic mass is 10.1. The number of amides is 1. The van der Waals surface area contributed by atoms with Gasteiger partial charge in [-0.3, -0.25) is 25.0 Å². The van der Waals surface area contributed by atoms with E-state index in [0.717, 1.165) is 31.0 Å². The van der Waals surface area contributed by atoms with Crippen LogP contribution in [0.15, 0.2) is 23.3 Å². The van der Waals surface area contributed by atoms with E-state index in [4.69, 9.17) is 0 Å². The standard InChI is InChI=1S/C19H28N4O5/c1-2-3-4-5-6-7-8-9-10-11-14-20-21-19(24)17-13-12-16(22(25)26)15-18(17)23(27)28/h12-15H,2-11H2,1H3,(H,21,24)/b20-14+. The van der Waals surface area contributed by atoms with E-state index in [0.29, 0.717) is 6.42 Å². The maximum absolute atomic E-state index is 12.0. The molecule has 0 aliphatic heterocycles. The summed E-state index contributed by atoms with van der Waals surface area (Å²) in [4.78, 5) is 32.2. The maximum Gasteiger partial charge on any atom is 0.289 e. The Hall–Kier alpha value is -2.84. The number of unbranched alkanes of at least 4 members (excludes halogenated alkanes) is 9. The third-order valence-electron chi connectivity index (χ3n) is 4.33. The summed E-state index contributed by atoms with van der Waals surface area (Å²) in [6, 6.07) is 2.87. The Kier molecular flexibility index (Phi) is 11.1. The highest BCUT2D eigenvalue weighted by molar-refractivity contribution is 5.98. The lowest BCUT2D eigenvalue weighted by Gasteiger charge is -2.02. The molecule has 0 aromatic heterocycles. The van der Waals surface area contributed by atoms with Gasteiger partial charge in [-0.05, 0) is 18.9 Å². The Morgan fingerprint density at radius 2 is 1.61 bits per heavy atom. The minimum atomic E-state index is -0.826. The summed E-state index contributed by atoms with van der Waals surface area (Å²) < 4.78 is 0. The zero-order chi connectivity index (χ0) is 20.8. The topological polar surface area (TPSA) is 128 Å². The molecule has 1 amide bonds. The number of hydrogen-bond acceptors (Lipinski definition) is 6. The first-order chi connectivity index (χ1) is 13.5. The van der Waals surface area contributed by atoms with Gasteiger partial charge < -0.3 is 0 Å². The van der Waals surface area contributed by atoms with Gasteiger partial charge in [0.05, 0.1) is 15.9 Å². The monoisotopic (exact) mass is 392 g/mol. The molecule has 0 saturated heterocycles. The van der Waals surface area contributed by atoms with E-state index in [9.17, 15) is 25.0 Å². The average molecular weight is 392 g/mol. The van der Waals surface area contributed by atoms with Crippen LogP contribution in [0.2, 0.25) is 0 Å². The summed E-state index contributed by atoms with van der Waals surface area (Å²) in [5, 5.41) is 25.5. The molecule has 0 aliphatic carbocycles. The maximum atomic E-state index is 12.0. The van der Waals surface area contributed by atoms with Gasteiger partial charge in [0.2, 0.25) is 0 Å². The van der Waals surface area contributed by atoms with Crippen LogP contribution in [0, 0.1) is 20.2 Å². The number of carbonyl (C=O) groups excluding carboxylic acids is 1. The lowest BCUT2D eigenvalue weighted by Crippen LogP contribution is -2.19. The SMILES string of the molecule is CCCCCCCCCCC/C=N/NC(=O)c1ccc([N+](=O)[O-])cc1[N+](=O)[O-]. The lowest BCUT2D eigenvalue weighted by molar-refractivity contribution is -0.394. The molecule has 0 aliphatic rings. The number of nitrogens with one attached hydrogen (secondary N) is 1. The molecule has 0 spiro atoms. The van der Waals surface area contributed by atoms with Gasteiger partial charge in [-0.1, -0.05) is 58.3 Å². The van der Waals surface area contributed by atoms with Gasteiger partial charge in [-0.15, -0.1) is 0 Å². The number of nitrogens with zero attached hydrogens (tertiary/aromatic N) is 3. The van der Waals surface area contributed by atoms with E-state index < -0.39 is 27.1 Å².